The number of hydrogen-bond acceptors (Lipinski definition) is 7. The molecule has 36 heavy (non-hydrogen) atoms. The van der Waals surface area contributed by atoms with Crippen molar-refractivity contribution in [3.05, 3.63) is 57.9 Å². The first-order valence-electron chi connectivity index (χ1n) is 12.1. The summed E-state index contributed by atoms with van der Waals surface area (Å²) >= 11 is 1.58. The molecule has 1 fully saturated rings. The Labute approximate surface area is 215 Å². The number of hydrogen-bond donors (Lipinski definition) is 1. The Hall–Kier alpha value is -3.43. The summed E-state index contributed by atoms with van der Waals surface area (Å²) in [7, 11) is 3.38. The van der Waals surface area contributed by atoms with Gasteiger partial charge in [-0.3, -0.25) is 9.79 Å². The lowest BCUT2D eigenvalue weighted by atomic mass is 9.97. The molecule has 4 heterocycles. The smallest absolute Gasteiger partial charge is 0.272 e. The molecule has 8 nitrogen and oxygen atoms in total. The molecule has 2 aromatic heterocycles. The average molecular weight is 509 g/mol. The number of methoxy groups -OCH3 is 1. The maximum Gasteiger partial charge on any atom is 0.272 e. The first-order chi connectivity index (χ1) is 17.6. The Balaban J connectivity index is 0.00000148. The summed E-state index contributed by atoms with van der Waals surface area (Å²) in [6.07, 6.45) is 4.67. The normalized spacial score (nSPS) is 16.6. The number of carbonyl (C=O) groups is 1. The van der Waals surface area contributed by atoms with E-state index in [-0.39, 0.29) is 18.6 Å². The quantitative estimate of drug-likeness (QED) is 0.472. The van der Waals surface area contributed by atoms with Gasteiger partial charge in [-0.2, -0.15) is 16.4 Å². The molecule has 1 atom stereocenters. The molecular formula is C27H32N4O4S. The fourth-order valence-electron chi connectivity index (χ4n) is 4.34. The summed E-state index contributed by atoms with van der Waals surface area (Å²) in [4.78, 5) is 17.7. The number of fused-ring (bicyclic) bond motifs is 3. The number of thiophene rings is 1. The van der Waals surface area contributed by atoms with Crippen molar-refractivity contribution < 1.29 is 19.0 Å². The van der Waals surface area contributed by atoms with Crippen LogP contribution < -0.4 is 14.8 Å². The van der Waals surface area contributed by atoms with Gasteiger partial charge in [0.15, 0.2) is 5.69 Å². The van der Waals surface area contributed by atoms with Crippen molar-refractivity contribution in [1.82, 2.24) is 15.1 Å². The highest BCUT2D eigenvalue weighted by molar-refractivity contribution is 7.08. The van der Waals surface area contributed by atoms with E-state index in [2.05, 4.69) is 10.3 Å². The molecule has 3 aromatic rings. The van der Waals surface area contributed by atoms with Gasteiger partial charge in [0.25, 0.3) is 5.91 Å². The SMILES string of the molecule is C/C=C\C(=NC)c1cc2c(cc1OC)OCc1c(C(=O)NC3CCOC3)nn(-c3ccsc3)c1-2.CC. The predicted octanol–water partition coefficient (Wildman–Crippen LogP) is 5.04. The largest absolute Gasteiger partial charge is 0.496 e. The van der Waals surface area contributed by atoms with Gasteiger partial charge in [-0.25, -0.2) is 4.68 Å². The second-order valence-corrected chi connectivity index (χ2v) is 8.83. The molecule has 1 saturated heterocycles. The number of amides is 1. The molecule has 1 amide bonds. The average Bonchev–Trinajstić information content (AvgIpc) is 3.68. The Kier molecular flexibility index (Phi) is 8.22. The molecule has 5 rings (SSSR count). The van der Waals surface area contributed by atoms with Crippen molar-refractivity contribution in [2.24, 2.45) is 4.99 Å². The number of aliphatic imine (C=N–C) groups is 1. The van der Waals surface area contributed by atoms with E-state index in [1.807, 2.05) is 66.6 Å². The van der Waals surface area contributed by atoms with Gasteiger partial charge in [-0.15, -0.1) is 0 Å². The van der Waals surface area contributed by atoms with Crippen molar-refractivity contribution >= 4 is 23.0 Å². The van der Waals surface area contributed by atoms with Crippen molar-refractivity contribution in [2.45, 2.75) is 39.8 Å². The van der Waals surface area contributed by atoms with E-state index >= 15 is 0 Å². The monoisotopic (exact) mass is 508 g/mol. The van der Waals surface area contributed by atoms with E-state index in [0.29, 0.717) is 30.4 Å². The van der Waals surface area contributed by atoms with Gasteiger partial charge in [0, 0.05) is 41.8 Å². The van der Waals surface area contributed by atoms with Crippen molar-refractivity contribution in [1.29, 1.82) is 0 Å². The second-order valence-electron chi connectivity index (χ2n) is 8.05. The van der Waals surface area contributed by atoms with Crippen molar-refractivity contribution in [2.75, 3.05) is 27.4 Å². The minimum atomic E-state index is -0.216. The van der Waals surface area contributed by atoms with Gasteiger partial charge in [-0.1, -0.05) is 19.9 Å². The van der Waals surface area contributed by atoms with E-state index < -0.39 is 0 Å². The zero-order valence-corrected chi connectivity index (χ0v) is 22.1. The summed E-state index contributed by atoms with van der Waals surface area (Å²) in [6.45, 7) is 7.36. The molecule has 9 heteroatoms. The first kappa shape index (κ1) is 25.7. The van der Waals surface area contributed by atoms with Crippen LogP contribution in [0.1, 0.15) is 48.8 Å². The molecule has 2 aliphatic heterocycles. The third-order valence-corrected chi connectivity index (χ3v) is 6.66. The Morgan fingerprint density at radius 3 is 2.83 bits per heavy atom. The Bertz CT molecular complexity index is 1270. The van der Waals surface area contributed by atoms with Gasteiger partial charge in [0.2, 0.25) is 0 Å². The molecule has 190 valence electrons. The topological polar surface area (TPSA) is 87.0 Å². The zero-order chi connectivity index (χ0) is 25.7. The molecule has 0 radical (unpaired) electrons. The second kappa shape index (κ2) is 11.5. The number of benzene rings is 1. The summed E-state index contributed by atoms with van der Waals surface area (Å²) in [5.74, 6) is 1.13. The highest BCUT2D eigenvalue weighted by Gasteiger charge is 2.32. The number of aromatic nitrogens is 2. The molecule has 0 spiro atoms. The highest BCUT2D eigenvalue weighted by Crippen LogP contribution is 2.43. The van der Waals surface area contributed by atoms with Gasteiger partial charge >= 0.3 is 0 Å². The van der Waals surface area contributed by atoms with Crippen LogP contribution in [-0.2, 0) is 11.3 Å². The van der Waals surface area contributed by atoms with E-state index in [0.717, 1.165) is 40.2 Å². The van der Waals surface area contributed by atoms with E-state index in [1.54, 1.807) is 25.5 Å². The lowest BCUT2D eigenvalue weighted by Gasteiger charge is -2.22. The summed E-state index contributed by atoms with van der Waals surface area (Å²) < 4.78 is 19.0. The fraction of sp³-hybridized carbons (Fsp3) is 0.370. The fourth-order valence-corrected chi connectivity index (χ4v) is 4.95. The van der Waals surface area contributed by atoms with Crippen LogP contribution in [0, 0.1) is 0 Å². The van der Waals surface area contributed by atoms with E-state index in [1.165, 1.54) is 0 Å². The zero-order valence-electron chi connectivity index (χ0n) is 21.3. The van der Waals surface area contributed by atoms with Gasteiger partial charge in [0.05, 0.1) is 36.9 Å². The number of allylic oxidation sites excluding steroid dienone is 2. The number of nitrogens with zero attached hydrogens (tertiary/aromatic N) is 3. The lowest BCUT2D eigenvalue weighted by molar-refractivity contribution is 0.0922. The van der Waals surface area contributed by atoms with Gasteiger partial charge in [0.1, 0.15) is 18.1 Å². The minimum absolute atomic E-state index is 0.00809. The molecule has 2 aliphatic rings. The Morgan fingerprint density at radius 1 is 1.36 bits per heavy atom. The molecule has 0 bridgehead atoms. The number of rotatable bonds is 6. The van der Waals surface area contributed by atoms with Crippen LogP contribution in [0.25, 0.3) is 16.9 Å². The third kappa shape index (κ3) is 4.81. The van der Waals surface area contributed by atoms with Gasteiger partial charge < -0.3 is 19.5 Å². The van der Waals surface area contributed by atoms with Gasteiger partial charge in [-0.05, 0) is 36.9 Å². The van der Waals surface area contributed by atoms with Crippen molar-refractivity contribution in [3.8, 4) is 28.4 Å². The van der Waals surface area contributed by atoms with Crippen LogP contribution >= 0.6 is 11.3 Å². The van der Waals surface area contributed by atoms with Crippen LogP contribution in [0.5, 0.6) is 11.5 Å². The molecule has 0 aliphatic carbocycles. The molecule has 1 N–H and O–H groups in total. The molecule has 1 aromatic carbocycles. The lowest BCUT2D eigenvalue weighted by Crippen LogP contribution is -2.35. The summed E-state index contributed by atoms with van der Waals surface area (Å²) in [5.41, 5.74) is 5.33. The van der Waals surface area contributed by atoms with Crippen LogP contribution in [0.4, 0.5) is 0 Å². The van der Waals surface area contributed by atoms with Crippen LogP contribution in [0.3, 0.4) is 0 Å². The summed E-state index contributed by atoms with van der Waals surface area (Å²) in [6, 6.07) is 5.86. The van der Waals surface area contributed by atoms with Crippen LogP contribution in [-0.4, -0.2) is 54.8 Å². The van der Waals surface area contributed by atoms with E-state index in [4.69, 9.17) is 19.3 Å². The van der Waals surface area contributed by atoms with Crippen LogP contribution in [0.15, 0.2) is 46.1 Å². The van der Waals surface area contributed by atoms with Crippen molar-refractivity contribution in [3.63, 3.8) is 0 Å². The first-order valence-corrected chi connectivity index (χ1v) is 13.1. The predicted molar refractivity (Wildman–Crippen MR) is 143 cm³/mol. The molecule has 0 saturated carbocycles. The summed E-state index contributed by atoms with van der Waals surface area (Å²) in [5, 5.41) is 11.8. The molecular weight excluding hydrogens is 476 g/mol. The maximum atomic E-state index is 13.2. The number of carbonyl (C=O) groups excluding carboxylic acids is 1. The standard InChI is InChI=1S/C25H26N4O4S.C2H6/c1-4-5-20(26-2)17-10-18-22(11-21(17)31-3)33-13-19-23(25(30)27-15-6-8-32-12-15)28-29(24(18)19)16-7-9-34-14-16;1-2/h4-5,7,9-11,14-15H,6,8,12-13H2,1-3H3,(H,27,30);1-2H3/b5-4-,26-20?;. The maximum absolute atomic E-state index is 13.2. The Morgan fingerprint density at radius 2 is 2.19 bits per heavy atom. The van der Waals surface area contributed by atoms with Crippen LogP contribution in [0.2, 0.25) is 0 Å². The number of ether oxygens (including phenoxy) is 3. The molecule has 1 unspecified atom stereocenters. The minimum Gasteiger partial charge on any atom is -0.496 e. The number of nitrogens with one attached hydrogen (secondary N) is 1. The third-order valence-electron chi connectivity index (χ3n) is 5.98. The highest BCUT2D eigenvalue weighted by atomic mass is 32.1. The van der Waals surface area contributed by atoms with E-state index in [9.17, 15) is 4.79 Å².